The number of benzene rings is 1. The summed E-state index contributed by atoms with van der Waals surface area (Å²) in [7, 11) is 0. The molecule has 0 radical (unpaired) electrons. The Morgan fingerprint density at radius 3 is 2.71 bits per heavy atom. The molecule has 1 aliphatic rings. The maximum atomic E-state index is 12.1. The molecule has 7 nitrogen and oxygen atoms in total. The number of ether oxygens (including phenoxy) is 2. The third kappa shape index (κ3) is 5.18. The summed E-state index contributed by atoms with van der Waals surface area (Å²) in [5.74, 6) is 1.30. The van der Waals surface area contributed by atoms with E-state index in [0.717, 1.165) is 25.0 Å². The molecule has 152 valence electrons. The van der Waals surface area contributed by atoms with E-state index in [-0.39, 0.29) is 11.8 Å². The molecular weight excluding hydrogens is 358 g/mol. The molecule has 0 spiro atoms. The second kappa shape index (κ2) is 8.54. The lowest BCUT2D eigenvalue weighted by atomic mass is 9.94. The summed E-state index contributed by atoms with van der Waals surface area (Å²) in [5, 5.41) is 10.2. The lowest BCUT2D eigenvalue weighted by Crippen LogP contribution is -2.41. The van der Waals surface area contributed by atoms with Crippen LogP contribution < -0.4 is 4.74 Å². The van der Waals surface area contributed by atoms with Gasteiger partial charge in [0.05, 0.1) is 30.4 Å². The van der Waals surface area contributed by atoms with Crippen molar-refractivity contribution < 1.29 is 19.4 Å². The van der Waals surface area contributed by atoms with Crippen LogP contribution in [0.1, 0.15) is 40.0 Å². The third-order valence-corrected chi connectivity index (χ3v) is 4.82. The number of H-pyrrole nitrogens is 1. The second-order valence-corrected chi connectivity index (χ2v) is 8.16. The molecule has 0 saturated carbocycles. The number of hydrogen-bond acceptors (Lipinski definition) is 5. The summed E-state index contributed by atoms with van der Waals surface area (Å²) >= 11 is 0. The molecule has 7 heteroatoms. The number of carbonyl (C=O) groups excluding carboxylic acids is 1. The summed E-state index contributed by atoms with van der Waals surface area (Å²) in [4.78, 5) is 21.0. The maximum absolute atomic E-state index is 12.1. The molecule has 1 amide bonds. The van der Waals surface area contributed by atoms with Gasteiger partial charge >= 0.3 is 6.09 Å². The number of aromatic amines is 1. The van der Waals surface area contributed by atoms with E-state index in [0.29, 0.717) is 36.9 Å². The highest BCUT2D eigenvalue weighted by atomic mass is 16.6. The number of piperidine rings is 1. The third-order valence-electron chi connectivity index (χ3n) is 4.82. The van der Waals surface area contributed by atoms with Crippen LogP contribution in [0.4, 0.5) is 4.79 Å². The van der Waals surface area contributed by atoms with Crippen LogP contribution in [0.25, 0.3) is 11.3 Å². The van der Waals surface area contributed by atoms with Gasteiger partial charge in [-0.1, -0.05) is 6.07 Å². The van der Waals surface area contributed by atoms with Crippen LogP contribution in [0, 0.1) is 5.92 Å². The van der Waals surface area contributed by atoms with Crippen molar-refractivity contribution in [1.82, 2.24) is 14.9 Å². The van der Waals surface area contributed by atoms with Gasteiger partial charge in [-0.2, -0.15) is 0 Å². The molecule has 2 N–H and O–H groups in total. The van der Waals surface area contributed by atoms with E-state index < -0.39 is 5.60 Å². The predicted octanol–water partition coefficient (Wildman–Crippen LogP) is 4.20. The molecule has 0 atom stereocenters. The Labute approximate surface area is 165 Å². The smallest absolute Gasteiger partial charge is 0.410 e. The van der Waals surface area contributed by atoms with E-state index in [2.05, 4.69) is 9.97 Å². The normalized spacial score (nSPS) is 15.5. The first-order valence-electron chi connectivity index (χ1n) is 9.75. The van der Waals surface area contributed by atoms with Gasteiger partial charge in [0.2, 0.25) is 0 Å². The zero-order valence-electron chi connectivity index (χ0n) is 16.8. The number of hydrogen-bond donors (Lipinski definition) is 2. The highest BCUT2D eigenvalue weighted by Gasteiger charge is 2.26. The monoisotopic (exact) mass is 387 g/mol. The van der Waals surface area contributed by atoms with E-state index in [1.807, 2.05) is 26.8 Å². The lowest BCUT2D eigenvalue weighted by molar-refractivity contribution is 0.0177. The molecular formula is C21H29N3O4. The number of aromatic hydroxyl groups is 1. The van der Waals surface area contributed by atoms with Crippen molar-refractivity contribution >= 4 is 6.09 Å². The average molecular weight is 387 g/mol. The number of phenolic OH excluding ortho intramolecular Hbond substituents is 1. The standard InChI is InChI=1S/C21H29N3O4/c1-21(2,3)28-20(26)24-10-7-15(8-11-24)9-12-27-18-6-4-5-17(25)19(18)16-13-22-14-23-16/h4-6,13-15,25H,7-12H2,1-3H3,(H,22,23). The molecule has 28 heavy (non-hydrogen) atoms. The SMILES string of the molecule is CC(C)(C)OC(=O)N1CCC(CCOc2cccc(O)c2-c2cnc[nH]2)CC1. The first-order valence-corrected chi connectivity index (χ1v) is 9.75. The molecule has 0 aliphatic carbocycles. The number of nitrogens with one attached hydrogen (secondary N) is 1. The van der Waals surface area contributed by atoms with E-state index in [1.54, 1.807) is 29.6 Å². The molecule has 2 heterocycles. The summed E-state index contributed by atoms with van der Waals surface area (Å²) in [6, 6.07) is 5.25. The van der Waals surface area contributed by atoms with Crippen LogP contribution >= 0.6 is 0 Å². The van der Waals surface area contributed by atoms with Crippen molar-refractivity contribution in [1.29, 1.82) is 0 Å². The number of rotatable bonds is 5. The van der Waals surface area contributed by atoms with Gasteiger partial charge in [0.15, 0.2) is 0 Å². The minimum Gasteiger partial charge on any atom is -0.507 e. The van der Waals surface area contributed by atoms with Gasteiger partial charge in [-0.15, -0.1) is 0 Å². The number of aromatic nitrogens is 2. The highest BCUT2D eigenvalue weighted by Crippen LogP contribution is 2.36. The number of carbonyl (C=O) groups is 1. The molecule has 1 aromatic carbocycles. The van der Waals surface area contributed by atoms with Crippen molar-refractivity contribution in [3.8, 4) is 22.8 Å². The Balaban J connectivity index is 1.49. The lowest BCUT2D eigenvalue weighted by Gasteiger charge is -2.33. The first-order chi connectivity index (χ1) is 13.3. The number of phenols is 1. The number of nitrogens with zero attached hydrogens (tertiary/aromatic N) is 2. The van der Waals surface area contributed by atoms with Gasteiger partial charge in [-0.3, -0.25) is 0 Å². The maximum Gasteiger partial charge on any atom is 0.410 e. The Hall–Kier alpha value is -2.70. The summed E-state index contributed by atoms with van der Waals surface area (Å²) in [6.45, 7) is 7.63. The van der Waals surface area contributed by atoms with Gasteiger partial charge in [0.25, 0.3) is 0 Å². The predicted molar refractivity (Wildman–Crippen MR) is 106 cm³/mol. The van der Waals surface area contributed by atoms with Gasteiger partial charge < -0.3 is 24.5 Å². The Kier molecular flexibility index (Phi) is 6.11. The molecule has 1 aliphatic heterocycles. The highest BCUT2D eigenvalue weighted by molar-refractivity contribution is 5.73. The average Bonchev–Trinajstić information content (AvgIpc) is 3.15. The number of likely N-dealkylation sites (tertiary alicyclic amines) is 1. The van der Waals surface area contributed by atoms with Crippen molar-refractivity contribution in [2.75, 3.05) is 19.7 Å². The van der Waals surface area contributed by atoms with Crippen LogP contribution in [0.15, 0.2) is 30.7 Å². The summed E-state index contributed by atoms with van der Waals surface area (Å²) in [6.07, 6.45) is 5.79. The zero-order chi connectivity index (χ0) is 20.1. The van der Waals surface area contributed by atoms with E-state index in [4.69, 9.17) is 9.47 Å². The molecule has 1 fully saturated rings. The van der Waals surface area contributed by atoms with Gasteiger partial charge in [0, 0.05) is 13.1 Å². The van der Waals surface area contributed by atoms with Gasteiger partial charge in [-0.25, -0.2) is 9.78 Å². The van der Waals surface area contributed by atoms with Crippen molar-refractivity contribution in [3.05, 3.63) is 30.7 Å². The number of imidazole rings is 1. The van der Waals surface area contributed by atoms with Crippen molar-refractivity contribution in [3.63, 3.8) is 0 Å². The zero-order valence-corrected chi connectivity index (χ0v) is 16.8. The second-order valence-electron chi connectivity index (χ2n) is 8.16. The van der Waals surface area contributed by atoms with Crippen LogP contribution in [-0.4, -0.2) is 51.4 Å². The minimum absolute atomic E-state index is 0.160. The molecule has 0 unspecified atom stereocenters. The summed E-state index contributed by atoms with van der Waals surface area (Å²) in [5.41, 5.74) is 0.883. The Morgan fingerprint density at radius 1 is 1.32 bits per heavy atom. The molecule has 0 bridgehead atoms. The van der Waals surface area contributed by atoms with E-state index in [9.17, 15) is 9.90 Å². The molecule has 1 saturated heterocycles. The molecule has 2 aromatic rings. The minimum atomic E-state index is -0.463. The van der Waals surface area contributed by atoms with E-state index in [1.165, 1.54) is 0 Å². The fourth-order valence-corrected chi connectivity index (χ4v) is 3.37. The number of amides is 1. The topological polar surface area (TPSA) is 87.7 Å². The fourth-order valence-electron chi connectivity index (χ4n) is 3.37. The summed E-state index contributed by atoms with van der Waals surface area (Å²) < 4.78 is 11.4. The molecule has 1 aromatic heterocycles. The fraction of sp³-hybridized carbons (Fsp3) is 0.524. The van der Waals surface area contributed by atoms with Crippen molar-refractivity contribution in [2.24, 2.45) is 5.92 Å². The van der Waals surface area contributed by atoms with Crippen LogP contribution in [0.3, 0.4) is 0 Å². The Bertz CT molecular complexity index is 775. The van der Waals surface area contributed by atoms with Crippen LogP contribution in [-0.2, 0) is 4.74 Å². The quantitative estimate of drug-likeness (QED) is 0.803. The Morgan fingerprint density at radius 2 is 2.07 bits per heavy atom. The molecule has 3 rings (SSSR count). The first kappa shape index (κ1) is 20.0. The largest absolute Gasteiger partial charge is 0.507 e. The van der Waals surface area contributed by atoms with Crippen LogP contribution in [0.2, 0.25) is 0 Å². The van der Waals surface area contributed by atoms with Crippen molar-refractivity contribution in [2.45, 2.75) is 45.6 Å². The van der Waals surface area contributed by atoms with Gasteiger partial charge in [0.1, 0.15) is 17.1 Å². The van der Waals surface area contributed by atoms with Crippen LogP contribution in [0.5, 0.6) is 11.5 Å². The van der Waals surface area contributed by atoms with E-state index >= 15 is 0 Å². The van der Waals surface area contributed by atoms with Gasteiger partial charge in [-0.05, 0) is 58.1 Å².